The molecule has 18 heavy (non-hydrogen) atoms. The molecule has 1 rings (SSSR count). The fourth-order valence-electron chi connectivity index (χ4n) is 1.32. The molecule has 0 aliphatic rings. The number of amides is 2. The number of ether oxygens (including phenoxy) is 1. The van der Waals surface area contributed by atoms with Gasteiger partial charge in [0.1, 0.15) is 5.82 Å². The molecule has 0 aliphatic heterocycles. The molecule has 0 fully saturated rings. The molecule has 0 saturated heterocycles. The van der Waals surface area contributed by atoms with Crippen LogP contribution in [0.1, 0.15) is 20.3 Å². The van der Waals surface area contributed by atoms with Crippen LogP contribution < -0.4 is 10.6 Å². The first-order valence-electron chi connectivity index (χ1n) is 6.00. The second-order valence-electron chi connectivity index (χ2n) is 4.13. The monoisotopic (exact) mass is 254 g/mol. The highest BCUT2D eigenvalue weighted by Crippen LogP contribution is 2.11. The van der Waals surface area contributed by atoms with Crippen LogP contribution in [0, 0.1) is 5.82 Å². The van der Waals surface area contributed by atoms with Crippen molar-refractivity contribution in [1.29, 1.82) is 0 Å². The van der Waals surface area contributed by atoms with E-state index in [1.807, 2.05) is 13.8 Å². The molecular weight excluding hydrogens is 235 g/mol. The summed E-state index contributed by atoms with van der Waals surface area (Å²) in [6.07, 6.45) is 0.917. The van der Waals surface area contributed by atoms with Crippen LogP contribution in [-0.2, 0) is 4.74 Å². The summed E-state index contributed by atoms with van der Waals surface area (Å²) in [5.74, 6) is -0.448. The summed E-state index contributed by atoms with van der Waals surface area (Å²) in [5.41, 5.74) is 0.174. The lowest BCUT2D eigenvalue weighted by atomic mass is 10.3. The Balaban J connectivity index is 2.20. The van der Waals surface area contributed by atoms with E-state index >= 15 is 0 Å². The topological polar surface area (TPSA) is 50.4 Å². The molecule has 0 atom stereocenters. The molecule has 0 saturated carbocycles. The van der Waals surface area contributed by atoms with Gasteiger partial charge in [-0.3, -0.25) is 0 Å². The zero-order valence-corrected chi connectivity index (χ0v) is 10.7. The van der Waals surface area contributed by atoms with Crippen molar-refractivity contribution in [3.63, 3.8) is 0 Å². The number of halogens is 1. The Morgan fingerprint density at radius 3 is 2.78 bits per heavy atom. The number of rotatable bonds is 6. The summed E-state index contributed by atoms with van der Waals surface area (Å²) in [4.78, 5) is 11.4. The van der Waals surface area contributed by atoms with Gasteiger partial charge in [-0.25, -0.2) is 9.18 Å². The molecule has 0 spiro atoms. The van der Waals surface area contributed by atoms with Crippen molar-refractivity contribution < 1.29 is 13.9 Å². The Hall–Kier alpha value is -1.62. The minimum absolute atomic E-state index is 0.174. The minimum atomic E-state index is -0.448. The number of nitrogens with one attached hydrogen (secondary N) is 2. The number of carbonyl (C=O) groups is 1. The molecule has 100 valence electrons. The smallest absolute Gasteiger partial charge is 0.319 e. The van der Waals surface area contributed by atoms with Crippen molar-refractivity contribution in [2.24, 2.45) is 0 Å². The van der Waals surface area contributed by atoms with Crippen molar-refractivity contribution in [2.45, 2.75) is 26.4 Å². The quantitative estimate of drug-likeness (QED) is 0.767. The minimum Gasteiger partial charge on any atom is -0.379 e. The van der Waals surface area contributed by atoms with Gasteiger partial charge in [0.05, 0.1) is 11.8 Å². The second-order valence-corrected chi connectivity index (χ2v) is 4.13. The molecular formula is C13H19FN2O2. The zero-order valence-electron chi connectivity index (χ0n) is 10.7. The summed E-state index contributed by atoms with van der Waals surface area (Å²) in [6, 6.07) is 5.63. The number of urea groups is 1. The predicted octanol–water partition coefficient (Wildman–Crippen LogP) is 2.76. The van der Waals surface area contributed by atoms with Crippen molar-refractivity contribution in [2.75, 3.05) is 18.5 Å². The van der Waals surface area contributed by atoms with Crippen LogP contribution in [-0.4, -0.2) is 25.3 Å². The summed E-state index contributed by atoms with van der Waals surface area (Å²) in [6.45, 7) is 5.00. The fourth-order valence-corrected chi connectivity index (χ4v) is 1.32. The molecule has 0 aliphatic carbocycles. The summed E-state index contributed by atoms with van der Waals surface area (Å²) < 4.78 is 18.5. The van der Waals surface area contributed by atoms with Crippen LogP contribution in [0.5, 0.6) is 0 Å². The highest BCUT2D eigenvalue weighted by atomic mass is 19.1. The van der Waals surface area contributed by atoms with Crippen molar-refractivity contribution in [3.8, 4) is 0 Å². The number of hydrogen-bond acceptors (Lipinski definition) is 2. The Morgan fingerprint density at radius 2 is 2.11 bits per heavy atom. The van der Waals surface area contributed by atoms with E-state index in [0.717, 1.165) is 6.42 Å². The van der Waals surface area contributed by atoms with Crippen LogP contribution in [0.3, 0.4) is 0 Å². The number of benzene rings is 1. The van der Waals surface area contributed by atoms with E-state index in [0.29, 0.717) is 13.2 Å². The molecule has 0 radical (unpaired) electrons. The summed E-state index contributed by atoms with van der Waals surface area (Å²) in [5, 5.41) is 5.08. The number of hydrogen-bond donors (Lipinski definition) is 2. The lowest BCUT2D eigenvalue weighted by Crippen LogP contribution is -2.30. The molecule has 1 aromatic carbocycles. The van der Waals surface area contributed by atoms with Gasteiger partial charge >= 0.3 is 6.03 Å². The Bertz CT molecular complexity index is 383. The first-order valence-corrected chi connectivity index (χ1v) is 6.00. The highest BCUT2D eigenvalue weighted by molar-refractivity contribution is 5.89. The molecule has 0 aromatic heterocycles. The Labute approximate surface area is 107 Å². The van der Waals surface area contributed by atoms with Crippen molar-refractivity contribution in [3.05, 3.63) is 30.1 Å². The van der Waals surface area contributed by atoms with E-state index in [-0.39, 0.29) is 11.8 Å². The van der Waals surface area contributed by atoms with E-state index in [2.05, 4.69) is 10.6 Å². The standard InChI is InChI=1S/C13H19FN2O2/c1-10(2)18-9-5-8-15-13(17)16-12-7-4-3-6-11(12)14/h3-4,6-7,10H,5,8-9H2,1-2H3,(H2,15,16,17). The molecule has 2 amide bonds. The van der Waals surface area contributed by atoms with Gasteiger partial charge in [-0.05, 0) is 32.4 Å². The van der Waals surface area contributed by atoms with Crippen LogP contribution in [0.25, 0.3) is 0 Å². The number of anilines is 1. The van der Waals surface area contributed by atoms with Crippen molar-refractivity contribution in [1.82, 2.24) is 5.32 Å². The van der Waals surface area contributed by atoms with E-state index in [1.165, 1.54) is 12.1 Å². The Kier molecular flexibility index (Phi) is 6.14. The molecule has 2 N–H and O–H groups in total. The van der Waals surface area contributed by atoms with Crippen LogP contribution >= 0.6 is 0 Å². The third-order valence-electron chi connectivity index (χ3n) is 2.18. The first kappa shape index (κ1) is 14.4. The maximum absolute atomic E-state index is 13.2. The van der Waals surface area contributed by atoms with Gasteiger partial charge in [0, 0.05) is 13.2 Å². The lowest BCUT2D eigenvalue weighted by Gasteiger charge is -2.09. The van der Waals surface area contributed by atoms with Gasteiger partial charge in [-0.2, -0.15) is 0 Å². The predicted molar refractivity (Wildman–Crippen MR) is 69.1 cm³/mol. The van der Waals surface area contributed by atoms with Crippen LogP contribution in [0.15, 0.2) is 24.3 Å². The van der Waals surface area contributed by atoms with Gasteiger partial charge in [-0.1, -0.05) is 12.1 Å². The highest BCUT2D eigenvalue weighted by Gasteiger charge is 2.04. The zero-order chi connectivity index (χ0) is 13.4. The summed E-state index contributed by atoms with van der Waals surface area (Å²) in [7, 11) is 0. The Morgan fingerprint density at radius 1 is 1.39 bits per heavy atom. The van der Waals surface area contributed by atoms with Crippen LogP contribution in [0.4, 0.5) is 14.9 Å². The molecule has 5 heteroatoms. The number of carbonyl (C=O) groups excluding carboxylic acids is 1. The molecule has 0 bridgehead atoms. The maximum atomic E-state index is 13.2. The average Bonchev–Trinajstić information content (AvgIpc) is 2.31. The normalized spacial score (nSPS) is 10.4. The first-order chi connectivity index (χ1) is 8.59. The molecule has 1 aromatic rings. The third kappa shape index (κ3) is 5.63. The maximum Gasteiger partial charge on any atom is 0.319 e. The van der Waals surface area contributed by atoms with Gasteiger partial charge in [-0.15, -0.1) is 0 Å². The fraction of sp³-hybridized carbons (Fsp3) is 0.462. The molecule has 4 nitrogen and oxygen atoms in total. The van der Waals surface area contributed by atoms with E-state index in [4.69, 9.17) is 4.74 Å². The number of para-hydroxylation sites is 1. The van der Waals surface area contributed by atoms with Crippen LogP contribution in [0.2, 0.25) is 0 Å². The van der Waals surface area contributed by atoms with E-state index in [9.17, 15) is 9.18 Å². The average molecular weight is 254 g/mol. The lowest BCUT2D eigenvalue weighted by molar-refractivity contribution is 0.0775. The third-order valence-corrected chi connectivity index (χ3v) is 2.18. The largest absolute Gasteiger partial charge is 0.379 e. The van der Waals surface area contributed by atoms with E-state index in [1.54, 1.807) is 12.1 Å². The molecule has 0 unspecified atom stereocenters. The SMILES string of the molecule is CC(C)OCCCNC(=O)Nc1ccccc1F. The second kappa shape index (κ2) is 7.66. The molecule has 0 heterocycles. The van der Waals surface area contributed by atoms with Gasteiger partial charge in [0.15, 0.2) is 0 Å². The van der Waals surface area contributed by atoms with Gasteiger partial charge < -0.3 is 15.4 Å². The van der Waals surface area contributed by atoms with Crippen molar-refractivity contribution >= 4 is 11.7 Å². The van der Waals surface area contributed by atoms with Gasteiger partial charge in [0.25, 0.3) is 0 Å². The van der Waals surface area contributed by atoms with E-state index < -0.39 is 11.8 Å². The van der Waals surface area contributed by atoms with Gasteiger partial charge in [0.2, 0.25) is 0 Å². The summed E-state index contributed by atoms with van der Waals surface area (Å²) >= 11 is 0.